The summed E-state index contributed by atoms with van der Waals surface area (Å²) in [7, 11) is 3.43. The number of hydrogen-bond donors (Lipinski definition) is 1. The van der Waals surface area contributed by atoms with E-state index in [0.717, 1.165) is 22.8 Å². The molecule has 4 rings (SSSR count). The summed E-state index contributed by atoms with van der Waals surface area (Å²) in [5, 5.41) is 12.1. The number of nitrogens with one attached hydrogen (secondary N) is 1. The molecule has 0 spiro atoms. The van der Waals surface area contributed by atoms with E-state index in [4.69, 9.17) is 4.74 Å². The molecule has 0 aliphatic rings. The second-order valence-corrected chi connectivity index (χ2v) is 8.88. The van der Waals surface area contributed by atoms with E-state index in [9.17, 15) is 9.59 Å². The third-order valence-electron chi connectivity index (χ3n) is 5.78. The van der Waals surface area contributed by atoms with Crippen LogP contribution >= 0.6 is 11.8 Å². The van der Waals surface area contributed by atoms with Gasteiger partial charge in [-0.3, -0.25) is 14.3 Å². The van der Waals surface area contributed by atoms with Gasteiger partial charge in [-0.05, 0) is 43.7 Å². The molecular formula is C25H28N6O3S. The Balaban J connectivity index is 1.44. The van der Waals surface area contributed by atoms with Crippen molar-refractivity contribution in [2.75, 3.05) is 18.2 Å². The van der Waals surface area contributed by atoms with Crippen LogP contribution in [0.15, 0.2) is 64.5 Å². The van der Waals surface area contributed by atoms with Crippen LogP contribution in [0.3, 0.4) is 0 Å². The molecule has 35 heavy (non-hydrogen) atoms. The van der Waals surface area contributed by atoms with Crippen LogP contribution in [0.4, 0.5) is 5.69 Å². The number of amides is 1. The molecule has 2 aromatic heterocycles. The van der Waals surface area contributed by atoms with Gasteiger partial charge in [-0.2, -0.15) is 0 Å². The minimum Gasteiger partial charge on any atom is -0.497 e. The Morgan fingerprint density at radius 1 is 1.09 bits per heavy atom. The molecule has 9 nitrogen and oxygen atoms in total. The number of aromatic nitrogens is 5. The van der Waals surface area contributed by atoms with Crippen LogP contribution in [0.2, 0.25) is 0 Å². The van der Waals surface area contributed by atoms with Crippen molar-refractivity contribution in [3.8, 4) is 11.4 Å². The van der Waals surface area contributed by atoms with Gasteiger partial charge in [-0.15, -0.1) is 10.2 Å². The summed E-state index contributed by atoms with van der Waals surface area (Å²) in [5.74, 6) is 1.46. The zero-order valence-electron chi connectivity index (χ0n) is 20.2. The molecule has 0 aliphatic carbocycles. The standard InChI is InChI=1S/C25H28N6O3S/c1-5-30-21(15-18-11-13-20(34-4)14-12-18)27-28-25(30)35-16-22(32)26-23-17(2)29(3)31(24(23)33)19-9-7-6-8-10-19/h6-14H,5,15-16H2,1-4H3,(H,26,32). The maximum Gasteiger partial charge on any atom is 0.295 e. The second kappa shape index (κ2) is 10.6. The van der Waals surface area contributed by atoms with Gasteiger partial charge >= 0.3 is 0 Å². The summed E-state index contributed by atoms with van der Waals surface area (Å²) in [6.45, 7) is 4.51. The molecule has 0 radical (unpaired) electrons. The van der Waals surface area contributed by atoms with Crippen molar-refractivity contribution in [2.24, 2.45) is 7.05 Å². The SMILES string of the molecule is CCn1c(Cc2ccc(OC)cc2)nnc1SCC(=O)Nc1c(C)n(C)n(-c2ccccc2)c1=O. The number of hydrogen-bond acceptors (Lipinski definition) is 6. The fourth-order valence-electron chi connectivity index (χ4n) is 3.82. The maximum absolute atomic E-state index is 13.0. The Kier molecular flexibility index (Phi) is 7.40. The number of ether oxygens (including phenoxy) is 1. The molecule has 0 fully saturated rings. The highest BCUT2D eigenvalue weighted by Gasteiger charge is 2.19. The van der Waals surface area contributed by atoms with E-state index in [-0.39, 0.29) is 22.9 Å². The first-order chi connectivity index (χ1) is 16.9. The molecule has 0 bridgehead atoms. The number of para-hydroxylation sites is 1. The van der Waals surface area contributed by atoms with Gasteiger partial charge in [0.2, 0.25) is 5.91 Å². The normalized spacial score (nSPS) is 11.0. The third kappa shape index (κ3) is 5.17. The van der Waals surface area contributed by atoms with Crippen LogP contribution in [0.25, 0.3) is 5.69 Å². The third-order valence-corrected chi connectivity index (χ3v) is 6.75. The highest BCUT2D eigenvalue weighted by atomic mass is 32.2. The first-order valence-corrected chi connectivity index (χ1v) is 12.2. The van der Waals surface area contributed by atoms with Crippen LogP contribution in [0.1, 0.15) is 24.0 Å². The zero-order chi connectivity index (χ0) is 24.9. The van der Waals surface area contributed by atoms with E-state index in [0.29, 0.717) is 23.8 Å². The van der Waals surface area contributed by atoms with Gasteiger partial charge in [0.1, 0.15) is 17.3 Å². The molecule has 2 aromatic carbocycles. The van der Waals surface area contributed by atoms with Crippen molar-refractivity contribution in [3.63, 3.8) is 0 Å². The van der Waals surface area contributed by atoms with Gasteiger partial charge in [0, 0.05) is 20.0 Å². The minimum atomic E-state index is -0.275. The van der Waals surface area contributed by atoms with Gasteiger partial charge in [0.15, 0.2) is 5.16 Å². The Morgan fingerprint density at radius 3 is 2.46 bits per heavy atom. The van der Waals surface area contributed by atoms with E-state index in [1.807, 2.05) is 73.0 Å². The summed E-state index contributed by atoms with van der Waals surface area (Å²) in [4.78, 5) is 25.8. The van der Waals surface area contributed by atoms with Crippen LogP contribution in [-0.4, -0.2) is 42.9 Å². The Bertz CT molecular complexity index is 1370. The Hall–Kier alpha value is -3.79. The fraction of sp³-hybridized carbons (Fsp3) is 0.280. The molecular weight excluding hydrogens is 464 g/mol. The number of anilines is 1. The van der Waals surface area contributed by atoms with Crippen molar-refractivity contribution in [2.45, 2.75) is 32.0 Å². The lowest BCUT2D eigenvalue weighted by Gasteiger charge is -2.08. The lowest BCUT2D eigenvalue weighted by Crippen LogP contribution is -2.23. The van der Waals surface area contributed by atoms with Crippen molar-refractivity contribution in [1.29, 1.82) is 0 Å². The summed E-state index contributed by atoms with van der Waals surface area (Å²) in [6.07, 6.45) is 0.625. The smallest absolute Gasteiger partial charge is 0.295 e. The molecule has 0 unspecified atom stereocenters. The highest BCUT2D eigenvalue weighted by Crippen LogP contribution is 2.21. The summed E-state index contributed by atoms with van der Waals surface area (Å²) in [6, 6.07) is 17.2. The average Bonchev–Trinajstić information content (AvgIpc) is 3.36. The highest BCUT2D eigenvalue weighted by molar-refractivity contribution is 7.99. The molecule has 0 saturated carbocycles. The van der Waals surface area contributed by atoms with Crippen LogP contribution in [0.5, 0.6) is 5.75 Å². The lowest BCUT2D eigenvalue weighted by atomic mass is 10.1. The van der Waals surface area contributed by atoms with Crippen LogP contribution < -0.4 is 15.6 Å². The number of carbonyl (C=O) groups excluding carboxylic acids is 1. The molecule has 4 aromatic rings. The molecule has 182 valence electrons. The van der Waals surface area contributed by atoms with Gasteiger partial charge in [-0.25, -0.2) is 4.68 Å². The fourth-order valence-corrected chi connectivity index (χ4v) is 4.64. The van der Waals surface area contributed by atoms with Crippen LogP contribution in [0, 0.1) is 6.92 Å². The number of methoxy groups -OCH3 is 1. The molecule has 0 saturated heterocycles. The second-order valence-electron chi connectivity index (χ2n) is 7.94. The van der Waals surface area contributed by atoms with E-state index in [1.165, 1.54) is 16.4 Å². The molecule has 0 atom stereocenters. The van der Waals surface area contributed by atoms with Gasteiger partial charge in [0.25, 0.3) is 5.56 Å². The van der Waals surface area contributed by atoms with Crippen molar-refractivity contribution >= 4 is 23.4 Å². The lowest BCUT2D eigenvalue weighted by molar-refractivity contribution is -0.113. The van der Waals surface area contributed by atoms with E-state index >= 15 is 0 Å². The minimum absolute atomic E-state index is 0.111. The monoisotopic (exact) mass is 492 g/mol. The zero-order valence-corrected chi connectivity index (χ0v) is 21.0. The van der Waals surface area contributed by atoms with Crippen molar-refractivity contribution in [1.82, 2.24) is 24.1 Å². The van der Waals surface area contributed by atoms with E-state index in [1.54, 1.807) is 18.8 Å². The van der Waals surface area contributed by atoms with Gasteiger partial charge in [-0.1, -0.05) is 42.1 Å². The van der Waals surface area contributed by atoms with E-state index in [2.05, 4.69) is 15.5 Å². The van der Waals surface area contributed by atoms with Crippen molar-refractivity contribution < 1.29 is 9.53 Å². The average molecular weight is 493 g/mol. The molecule has 1 amide bonds. The predicted molar refractivity (Wildman–Crippen MR) is 137 cm³/mol. The number of rotatable bonds is 9. The predicted octanol–water partition coefficient (Wildman–Crippen LogP) is 3.43. The topological polar surface area (TPSA) is 96.0 Å². The van der Waals surface area contributed by atoms with Crippen molar-refractivity contribution in [3.05, 3.63) is 82.0 Å². The van der Waals surface area contributed by atoms with Gasteiger partial charge < -0.3 is 14.6 Å². The van der Waals surface area contributed by atoms with Gasteiger partial charge in [0.05, 0.1) is 24.2 Å². The quantitative estimate of drug-likeness (QED) is 0.360. The number of carbonyl (C=O) groups is 1. The summed E-state index contributed by atoms with van der Waals surface area (Å²) >= 11 is 1.30. The molecule has 1 N–H and O–H groups in total. The summed E-state index contributed by atoms with van der Waals surface area (Å²) in [5.41, 5.74) is 2.51. The number of nitrogens with zero attached hydrogens (tertiary/aromatic N) is 5. The maximum atomic E-state index is 13.0. The molecule has 10 heteroatoms. The molecule has 2 heterocycles. The first kappa shape index (κ1) is 24.3. The molecule has 0 aliphatic heterocycles. The Morgan fingerprint density at radius 2 is 1.80 bits per heavy atom. The first-order valence-electron chi connectivity index (χ1n) is 11.2. The number of thioether (sulfide) groups is 1. The number of benzene rings is 2. The Labute approximate surface area is 207 Å². The van der Waals surface area contributed by atoms with E-state index < -0.39 is 0 Å². The van der Waals surface area contributed by atoms with Crippen LogP contribution in [-0.2, 0) is 24.8 Å². The summed E-state index contributed by atoms with van der Waals surface area (Å²) < 4.78 is 10.5. The largest absolute Gasteiger partial charge is 0.497 e.